The Morgan fingerprint density at radius 2 is 2.00 bits per heavy atom. The molecule has 1 saturated heterocycles. The van der Waals surface area contributed by atoms with Gasteiger partial charge in [-0.05, 0) is 57.4 Å². The molecule has 0 aliphatic carbocycles. The molecule has 1 aliphatic rings. The molecule has 17 heavy (non-hydrogen) atoms. The molecule has 0 saturated carbocycles. The number of piperidine rings is 1. The van der Waals surface area contributed by atoms with E-state index in [4.69, 9.17) is 5.73 Å². The molecule has 0 spiro atoms. The van der Waals surface area contributed by atoms with Gasteiger partial charge in [0.1, 0.15) is 0 Å². The summed E-state index contributed by atoms with van der Waals surface area (Å²) in [5.41, 5.74) is 7.96. The van der Waals surface area contributed by atoms with Gasteiger partial charge in [0.05, 0.1) is 0 Å². The van der Waals surface area contributed by atoms with Gasteiger partial charge >= 0.3 is 0 Å². The van der Waals surface area contributed by atoms with Gasteiger partial charge < -0.3 is 5.73 Å². The third-order valence-electron chi connectivity index (χ3n) is 3.93. The Morgan fingerprint density at radius 1 is 1.29 bits per heavy atom. The highest BCUT2D eigenvalue weighted by Crippen LogP contribution is 2.21. The number of nitrogen functional groups attached to an aromatic ring is 1. The Morgan fingerprint density at radius 3 is 2.65 bits per heavy atom. The molecule has 0 bridgehead atoms. The van der Waals surface area contributed by atoms with Gasteiger partial charge in [0.15, 0.2) is 0 Å². The Balaban J connectivity index is 1.95. The zero-order valence-corrected chi connectivity index (χ0v) is 11.0. The predicted molar refractivity (Wildman–Crippen MR) is 74.0 cm³/mol. The first kappa shape index (κ1) is 12.4. The molecule has 2 heteroatoms. The second-order valence-electron chi connectivity index (χ2n) is 5.38. The fraction of sp³-hybridized carbons (Fsp3) is 0.600. The van der Waals surface area contributed by atoms with Gasteiger partial charge in [-0.25, -0.2) is 0 Å². The maximum Gasteiger partial charge on any atom is 0.0314 e. The van der Waals surface area contributed by atoms with Crippen molar-refractivity contribution in [3.63, 3.8) is 0 Å². The van der Waals surface area contributed by atoms with Crippen LogP contribution in [0.5, 0.6) is 0 Å². The van der Waals surface area contributed by atoms with Crippen molar-refractivity contribution in [3.05, 3.63) is 29.8 Å². The van der Waals surface area contributed by atoms with Crippen molar-refractivity contribution >= 4 is 5.69 Å². The van der Waals surface area contributed by atoms with Crippen LogP contribution in [0, 0.1) is 0 Å². The smallest absolute Gasteiger partial charge is 0.0314 e. The highest BCUT2D eigenvalue weighted by molar-refractivity contribution is 5.39. The minimum absolute atomic E-state index is 0.633. The third kappa shape index (κ3) is 3.22. The third-order valence-corrected chi connectivity index (χ3v) is 3.93. The van der Waals surface area contributed by atoms with E-state index >= 15 is 0 Å². The van der Waals surface area contributed by atoms with Crippen molar-refractivity contribution in [1.82, 2.24) is 4.90 Å². The van der Waals surface area contributed by atoms with Crippen molar-refractivity contribution in [2.45, 2.75) is 51.6 Å². The van der Waals surface area contributed by atoms with Gasteiger partial charge in [0.25, 0.3) is 0 Å². The first-order chi connectivity index (χ1) is 8.16. The summed E-state index contributed by atoms with van der Waals surface area (Å²) in [6, 6.07) is 9.69. The Kier molecular flexibility index (Phi) is 4.06. The highest BCUT2D eigenvalue weighted by Gasteiger charge is 2.22. The first-order valence-corrected chi connectivity index (χ1v) is 6.77. The van der Waals surface area contributed by atoms with E-state index in [0.717, 1.165) is 18.2 Å². The molecular weight excluding hydrogens is 208 g/mol. The zero-order chi connectivity index (χ0) is 12.3. The number of nitrogens with two attached hydrogens (primary N) is 1. The van der Waals surface area contributed by atoms with Crippen molar-refractivity contribution in [3.8, 4) is 0 Å². The Hall–Kier alpha value is -1.02. The van der Waals surface area contributed by atoms with Gasteiger partial charge in [-0.2, -0.15) is 0 Å². The largest absolute Gasteiger partial charge is 0.399 e. The molecule has 2 N–H and O–H groups in total. The lowest BCUT2D eigenvalue weighted by Crippen LogP contribution is -2.44. The zero-order valence-electron chi connectivity index (χ0n) is 11.0. The average molecular weight is 232 g/mol. The van der Waals surface area contributed by atoms with Gasteiger partial charge in [-0.15, -0.1) is 0 Å². The number of rotatable bonds is 3. The van der Waals surface area contributed by atoms with Crippen LogP contribution in [0.3, 0.4) is 0 Å². The second kappa shape index (κ2) is 5.54. The number of likely N-dealkylation sites (tertiary alicyclic amines) is 1. The molecule has 2 atom stereocenters. The summed E-state index contributed by atoms with van der Waals surface area (Å²) in [6.07, 6.45) is 5.24. The number of hydrogen-bond donors (Lipinski definition) is 1. The Labute approximate surface area is 105 Å². The summed E-state index contributed by atoms with van der Waals surface area (Å²) < 4.78 is 0. The SMILES string of the molecule is CC1CCCCN1C(C)Cc1ccc(N)cc1. The lowest BCUT2D eigenvalue weighted by molar-refractivity contribution is 0.114. The minimum Gasteiger partial charge on any atom is -0.399 e. The standard InChI is InChI=1S/C15H24N2/c1-12-5-3-4-10-17(12)13(2)11-14-6-8-15(16)9-7-14/h6-9,12-13H,3-5,10-11,16H2,1-2H3. The summed E-state index contributed by atoms with van der Waals surface area (Å²) in [4.78, 5) is 2.65. The molecule has 0 aromatic heterocycles. The normalized spacial score (nSPS) is 23.5. The maximum absolute atomic E-state index is 5.71. The van der Waals surface area contributed by atoms with E-state index in [2.05, 4.69) is 30.9 Å². The summed E-state index contributed by atoms with van der Waals surface area (Å²) in [5, 5.41) is 0. The van der Waals surface area contributed by atoms with Crippen LogP contribution in [0.4, 0.5) is 5.69 Å². The topological polar surface area (TPSA) is 29.3 Å². The molecule has 2 rings (SSSR count). The average Bonchev–Trinajstić information content (AvgIpc) is 2.32. The molecule has 1 fully saturated rings. The quantitative estimate of drug-likeness (QED) is 0.812. The number of benzene rings is 1. The molecular formula is C15H24N2. The number of anilines is 1. The molecule has 1 heterocycles. The minimum atomic E-state index is 0.633. The molecule has 1 aromatic carbocycles. The van der Waals surface area contributed by atoms with Crippen molar-refractivity contribution in [1.29, 1.82) is 0 Å². The summed E-state index contributed by atoms with van der Waals surface area (Å²) in [5.74, 6) is 0. The van der Waals surface area contributed by atoms with Gasteiger partial charge in [-0.3, -0.25) is 4.90 Å². The van der Waals surface area contributed by atoms with Crippen LogP contribution in [0.1, 0.15) is 38.7 Å². The molecule has 1 aromatic rings. The molecule has 94 valence electrons. The summed E-state index contributed by atoms with van der Waals surface area (Å²) >= 11 is 0. The van der Waals surface area contributed by atoms with Crippen LogP contribution in [-0.4, -0.2) is 23.5 Å². The fourth-order valence-electron chi connectivity index (χ4n) is 2.89. The van der Waals surface area contributed by atoms with E-state index in [9.17, 15) is 0 Å². The van der Waals surface area contributed by atoms with Gasteiger partial charge in [0, 0.05) is 17.8 Å². The fourth-order valence-corrected chi connectivity index (χ4v) is 2.89. The Bertz CT molecular complexity index is 344. The highest BCUT2D eigenvalue weighted by atomic mass is 15.2. The monoisotopic (exact) mass is 232 g/mol. The van der Waals surface area contributed by atoms with Crippen molar-refractivity contribution in [2.24, 2.45) is 0 Å². The first-order valence-electron chi connectivity index (χ1n) is 6.77. The lowest BCUT2D eigenvalue weighted by Gasteiger charge is -2.38. The van der Waals surface area contributed by atoms with Crippen molar-refractivity contribution < 1.29 is 0 Å². The van der Waals surface area contributed by atoms with Crippen LogP contribution in [0.25, 0.3) is 0 Å². The van der Waals surface area contributed by atoms with E-state index in [1.165, 1.54) is 31.4 Å². The van der Waals surface area contributed by atoms with Gasteiger partial charge in [0.2, 0.25) is 0 Å². The van der Waals surface area contributed by atoms with E-state index < -0.39 is 0 Å². The van der Waals surface area contributed by atoms with Gasteiger partial charge in [-0.1, -0.05) is 18.6 Å². The van der Waals surface area contributed by atoms with E-state index in [1.807, 2.05) is 12.1 Å². The van der Waals surface area contributed by atoms with Crippen LogP contribution >= 0.6 is 0 Å². The van der Waals surface area contributed by atoms with Crippen LogP contribution < -0.4 is 5.73 Å². The molecule has 0 radical (unpaired) electrons. The van der Waals surface area contributed by atoms with E-state index in [0.29, 0.717) is 6.04 Å². The van der Waals surface area contributed by atoms with E-state index in [1.54, 1.807) is 0 Å². The summed E-state index contributed by atoms with van der Waals surface area (Å²) in [6.45, 7) is 5.97. The molecule has 2 nitrogen and oxygen atoms in total. The lowest BCUT2D eigenvalue weighted by atomic mass is 9.98. The molecule has 2 unspecified atom stereocenters. The number of hydrogen-bond acceptors (Lipinski definition) is 2. The van der Waals surface area contributed by atoms with Crippen LogP contribution in [-0.2, 0) is 6.42 Å². The maximum atomic E-state index is 5.71. The molecule has 1 aliphatic heterocycles. The summed E-state index contributed by atoms with van der Waals surface area (Å²) in [7, 11) is 0. The van der Waals surface area contributed by atoms with Crippen LogP contribution in [0.2, 0.25) is 0 Å². The second-order valence-corrected chi connectivity index (χ2v) is 5.38. The number of nitrogens with zero attached hydrogens (tertiary/aromatic N) is 1. The van der Waals surface area contributed by atoms with E-state index in [-0.39, 0.29) is 0 Å². The van der Waals surface area contributed by atoms with Crippen LogP contribution in [0.15, 0.2) is 24.3 Å². The predicted octanol–water partition coefficient (Wildman–Crippen LogP) is 3.07. The molecule has 0 amide bonds. The van der Waals surface area contributed by atoms with Crippen molar-refractivity contribution in [2.75, 3.05) is 12.3 Å².